The maximum Gasteiger partial charge on any atom is 0.313 e. The first-order valence-electron chi connectivity index (χ1n) is 7.73. The SMILES string of the molecule is CCOC(=O)C1CN(c2cc(C3CC3)nn2C)CCC1O. The van der Waals surface area contributed by atoms with Crippen LogP contribution in [-0.4, -0.2) is 46.7 Å². The summed E-state index contributed by atoms with van der Waals surface area (Å²) < 4.78 is 6.95. The van der Waals surface area contributed by atoms with E-state index in [-0.39, 0.29) is 5.97 Å². The number of ether oxygens (including phenoxy) is 1. The van der Waals surface area contributed by atoms with Crippen molar-refractivity contribution in [1.82, 2.24) is 9.78 Å². The van der Waals surface area contributed by atoms with Gasteiger partial charge in [-0.1, -0.05) is 0 Å². The van der Waals surface area contributed by atoms with Crippen molar-refractivity contribution in [3.05, 3.63) is 11.8 Å². The van der Waals surface area contributed by atoms with E-state index in [0.717, 1.165) is 18.1 Å². The van der Waals surface area contributed by atoms with Gasteiger partial charge >= 0.3 is 5.97 Å². The molecule has 2 fully saturated rings. The molecule has 2 atom stereocenters. The molecule has 21 heavy (non-hydrogen) atoms. The van der Waals surface area contributed by atoms with Crippen molar-refractivity contribution in [3.8, 4) is 0 Å². The second-order valence-electron chi connectivity index (χ2n) is 5.99. The van der Waals surface area contributed by atoms with Gasteiger partial charge in [-0.3, -0.25) is 9.48 Å². The third-order valence-electron chi connectivity index (χ3n) is 4.36. The Balaban J connectivity index is 1.74. The second kappa shape index (κ2) is 5.67. The molecule has 3 rings (SSSR count). The Morgan fingerprint density at radius 3 is 2.90 bits per heavy atom. The van der Waals surface area contributed by atoms with Crippen LogP contribution < -0.4 is 4.90 Å². The number of piperidine rings is 1. The average molecular weight is 293 g/mol. The van der Waals surface area contributed by atoms with Crippen molar-refractivity contribution < 1.29 is 14.6 Å². The van der Waals surface area contributed by atoms with Crippen LogP contribution >= 0.6 is 0 Å². The summed E-state index contributed by atoms with van der Waals surface area (Å²) in [4.78, 5) is 14.1. The van der Waals surface area contributed by atoms with Crippen LogP contribution in [0.2, 0.25) is 0 Å². The van der Waals surface area contributed by atoms with Gasteiger partial charge in [-0.2, -0.15) is 5.10 Å². The quantitative estimate of drug-likeness (QED) is 0.840. The molecule has 0 radical (unpaired) electrons. The van der Waals surface area contributed by atoms with E-state index in [1.807, 2.05) is 11.7 Å². The molecule has 1 aromatic heterocycles. The molecule has 1 aliphatic heterocycles. The van der Waals surface area contributed by atoms with Crippen LogP contribution in [0.3, 0.4) is 0 Å². The number of nitrogens with zero attached hydrogens (tertiary/aromatic N) is 3. The predicted octanol–water partition coefficient (Wildman–Crippen LogP) is 1.05. The van der Waals surface area contributed by atoms with Gasteiger partial charge in [0.15, 0.2) is 0 Å². The van der Waals surface area contributed by atoms with E-state index in [2.05, 4.69) is 16.1 Å². The fraction of sp³-hybridized carbons (Fsp3) is 0.733. The van der Waals surface area contributed by atoms with Crippen LogP contribution in [0.5, 0.6) is 0 Å². The molecular weight excluding hydrogens is 270 g/mol. The van der Waals surface area contributed by atoms with Crippen molar-refractivity contribution in [3.63, 3.8) is 0 Å². The average Bonchev–Trinajstić information content (AvgIpc) is 3.23. The molecule has 6 heteroatoms. The second-order valence-corrected chi connectivity index (χ2v) is 5.99. The third kappa shape index (κ3) is 2.90. The minimum absolute atomic E-state index is 0.306. The summed E-state index contributed by atoms with van der Waals surface area (Å²) in [6.45, 7) is 3.36. The number of aryl methyl sites for hydroxylation is 1. The van der Waals surface area contributed by atoms with Gasteiger partial charge in [0.2, 0.25) is 0 Å². The Kier molecular flexibility index (Phi) is 3.89. The highest BCUT2D eigenvalue weighted by molar-refractivity contribution is 5.74. The van der Waals surface area contributed by atoms with Crippen molar-refractivity contribution in [2.45, 2.75) is 38.2 Å². The fourth-order valence-electron chi connectivity index (χ4n) is 2.98. The van der Waals surface area contributed by atoms with Crippen LogP contribution in [0.1, 0.15) is 37.8 Å². The normalized spacial score (nSPS) is 26.0. The number of anilines is 1. The first-order chi connectivity index (χ1) is 10.1. The number of aliphatic hydroxyl groups is 1. The predicted molar refractivity (Wildman–Crippen MR) is 78.1 cm³/mol. The largest absolute Gasteiger partial charge is 0.466 e. The minimum Gasteiger partial charge on any atom is -0.466 e. The lowest BCUT2D eigenvalue weighted by atomic mass is 9.95. The fourth-order valence-corrected chi connectivity index (χ4v) is 2.98. The lowest BCUT2D eigenvalue weighted by molar-refractivity contribution is -0.152. The molecule has 0 spiro atoms. The smallest absolute Gasteiger partial charge is 0.313 e. The minimum atomic E-state index is -0.614. The summed E-state index contributed by atoms with van der Waals surface area (Å²) in [5.74, 6) is 0.858. The van der Waals surface area contributed by atoms with E-state index in [9.17, 15) is 9.90 Å². The summed E-state index contributed by atoms with van der Waals surface area (Å²) in [7, 11) is 1.94. The zero-order valence-electron chi connectivity index (χ0n) is 12.7. The van der Waals surface area contributed by atoms with Gasteiger partial charge in [0.1, 0.15) is 11.7 Å². The molecule has 0 bridgehead atoms. The molecule has 0 aromatic carbocycles. The Labute approximate surface area is 124 Å². The molecule has 0 amide bonds. The van der Waals surface area contributed by atoms with Gasteiger partial charge < -0.3 is 14.7 Å². The van der Waals surface area contributed by atoms with Crippen molar-refractivity contribution >= 4 is 11.8 Å². The molecule has 2 unspecified atom stereocenters. The van der Waals surface area contributed by atoms with Crippen molar-refractivity contribution in [2.24, 2.45) is 13.0 Å². The summed E-state index contributed by atoms with van der Waals surface area (Å²) in [5.41, 5.74) is 1.14. The highest BCUT2D eigenvalue weighted by Crippen LogP contribution is 2.40. The van der Waals surface area contributed by atoms with Gasteiger partial charge in [0.25, 0.3) is 0 Å². The zero-order chi connectivity index (χ0) is 15.0. The third-order valence-corrected chi connectivity index (χ3v) is 4.36. The van der Waals surface area contributed by atoms with Crippen LogP contribution in [0, 0.1) is 5.92 Å². The molecule has 1 saturated carbocycles. The monoisotopic (exact) mass is 293 g/mol. The first kappa shape index (κ1) is 14.4. The van der Waals surface area contributed by atoms with Crippen LogP contribution in [0.15, 0.2) is 6.07 Å². The Bertz CT molecular complexity index is 524. The van der Waals surface area contributed by atoms with Gasteiger partial charge in [0.05, 0.1) is 18.4 Å². The van der Waals surface area contributed by atoms with E-state index in [0.29, 0.717) is 25.5 Å². The molecule has 2 heterocycles. The number of carbonyl (C=O) groups excluding carboxylic acids is 1. The number of aliphatic hydroxyl groups excluding tert-OH is 1. The molecule has 1 saturated heterocycles. The Morgan fingerprint density at radius 1 is 1.48 bits per heavy atom. The van der Waals surface area contributed by atoms with Gasteiger partial charge in [-0.25, -0.2) is 0 Å². The summed E-state index contributed by atoms with van der Waals surface area (Å²) >= 11 is 0. The summed E-state index contributed by atoms with van der Waals surface area (Å²) in [5, 5.41) is 14.6. The first-order valence-corrected chi connectivity index (χ1v) is 7.73. The number of esters is 1. The van der Waals surface area contributed by atoms with Crippen LogP contribution in [0.4, 0.5) is 5.82 Å². The topological polar surface area (TPSA) is 67.6 Å². The van der Waals surface area contributed by atoms with E-state index in [1.54, 1.807) is 6.92 Å². The van der Waals surface area contributed by atoms with Gasteiger partial charge in [-0.15, -0.1) is 0 Å². The van der Waals surface area contributed by atoms with Gasteiger partial charge in [-0.05, 0) is 26.2 Å². The lowest BCUT2D eigenvalue weighted by Crippen LogP contribution is -2.47. The maximum atomic E-state index is 12.0. The van der Waals surface area contributed by atoms with E-state index < -0.39 is 12.0 Å². The molecular formula is C15H23N3O3. The molecule has 1 aromatic rings. The van der Waals surface area contributed by atoms with Crippen LogP contribution in [0.25, 0.3) is 0 Å². The lowest BCUT2D eigenvalue weighted by Gasteiger charge is -2.35. The number of aromatic nitrogens is 2. The highest BCUT2D eigenvalue weighted by atomic mass is 16.5. The molecule has 1 N–H and O–H groups in total. The highest BCUT2D eigenvalue weighted by Gasteiger charge is 2.36. The summed E-state index contributed by atoms with van der Waals surface area (Å²) in [6, 6.07) is 2.12. The molecule has 2 aliphatic rings. The van der Waals surface area contributed by atoms with Crippen molar-refractivity contribution in [2.75, 3.05) is 24.6 Å². The van der Waals surface area contributed by atoms with E-state index in [4.69, 9.17) is 4.74 Å². The van der Waals surface area contributed by atoms with E-state index >= 15 is 0 Å². The number of hydrogen-bond acceptors (Lipinski definition) is 5. The zero-order valence-corrected chi connectivity index (χ0v) is 12.7. The maximum absolute atomic E-state index is 12.0. The van der Waals surface area contributed by atoms with Gasteiger partial charge in [0, 0.05) is 32.1 Å². The Hall–Kier alpha value is -1.56. The summed E-state index contributed by atoms with van der Waals surface area (Å²) in [6.07, 6.45) is 2.41. The van der Waals surface area contributed by atoms with Crippen LogP contribution in [-0.2, 0) is 16.6 Å². The number of carbonyl (C=O) groups is 1. The van der Waals surface area contributed by atoms with Crippen molar-refractivity contribution in [1.29, 1.82) is 0 Å². The molecule has 6 nitrogen and oxygen atoms in total. The van der Waals surface area contributed by atoms with E-state index in [1.165, 1.54) is 12.8 Å². The molecule has 1 aliphatic carbocycles. The number of rotatable bonds is 4. The Morgan fingerprint density at radius 2 is 2.24 bits per heavy atom. The molecule has 116 valence electrons. The number of hydrogen-bond donors (Lipinski definition) is 1. The standard InChI is InChI=1S/C15H23N3O3/c1-3-21-15(20)11-9-18(7-6-13(11)19)14-8-12(10-4-5-10)16-17(14)2/h8,10-11,13,19H,3-7,9H2,1-2H3.